The summed E-state index contributed by atoms with van der Waals surface area (Å²) in [6, 6.07) is 21.0. The zero-order chi connectivity index (χ0) is 25.2. The molecule has 1 atom stereocenters. The first-order valence-corrected chi connectivity index (χ1v) is 12.0. The molecule has 3 aromatic carbocycles. The lowest BCUT2D eigenvalue weighted by Gasteiger charge is -2.31. The van der Waals surface area contributed by atoms with Crippen molar-refractivity contribution in [1.29, 1.82) is 0 Å². The molecule has 3 aromatic rings. The fourth-order valence-electron chi connectivity index (χ4n) is 3.64. The molecule has 0 spiro atoms. The maximum absolute atomic E-state index is 13.5. The lowest BCUT2D eigenvalue weighted by Crippen LogP contribution is -2.51. The van der Waals surface area contributed by atoms with Gasteiger partial charge in [0.05, 0.1) is 17.2 Å². The average molecular weight is 515 g/mol. The summed E-state index contributed by atoms with van der Waals surface area (Å²) in [7, 11) is 1.53. The Hall–Kier alpha value is -3.22. The van der Waals surface area contributed by atoms with Crippen LogP contribution >= 0.6 is 23.2 Å². The fraction of sp³-hybridized carbons (Fsp3) is 0.259. The molecule has 0 fully saturated rings. The molecule has 0 aliphatic rings. The van der Waals surface area contributed by atoms with E-state index in [2.05, 4.69) is 5.32 Å². The van der Waals surface area contributed by atoms with Crippen molar-refractivity contribution < 1.29 is 19.1 Å². The largest absolute Gasteiger partial charge is 0.493 e. The standard InChI is InChI=1S/C27H28Cl2N2O4/c1-3-30-27(33)23(16-19-9-5-4-6-10-19)31(17-20-13-14-21(28)22(29)15-20)26(32)18-35-25-12-8-7-11-24(25)34-2/h4-15,23H,3,16-18H2,1-2H3,(H,30,33)/t23-/m1/s1. The molecule has 0 saturated carbocycles. The van der Waals surface area contributed by atoms with Gasteiger partial charge in [-0.15, -0.1) is 0 Å². The lowest BCUT2D eigenvalue weighted by molar-refractivity contribution is -0.142. The van der Waals surface area contributed by atoms with Crippen molar-refractivity contribution in [3.63, 3.8) is 0 Å². The summed E-state index contributed by atoms with van der Waals surface area (Å²) in [4.78, 5) is 28.2. The molecule has 2 amide bonds. The maximum Gasteiger partial charge on any atom is 0.261 e. The number of hydrogen-bond acceptors (Lipinski definition) is 4. The van der Waals surface area contributed by atoms with Crippen LogP contribution in [0.3, 0.4) is 0 Å². The Morgan fingerprint density at radius 3 is 2.26 bits per heavy atom. The molecule has 0 radical (unpaired) electrons. The minimum absolute atomic E-state index is 0.152. The molecule has 0 aromatic heterocycles. The van der Waals surface area contributed by atoms with Crippen molar-refractivity contribution in [1.82, 2.24) is 10.2 Å². The number of likely N-dealkylation sites (N-methyl/N-ethyl adjacent to an activating group) is 1. The van der Waals surface area contributed by atoms with Crippen molar-refractivity contribution >= 4 is 35.0 Å². The number of methoxy groups -OCH3 is 1. The van der Waals surface area contributed by atoms with Gasteiger partial charge >= 0.3 is 0 Å². The Labute approximate surface area is 215 Å². The van der Waals surface area contributed by atoms with Gasteiger partial charge in [-0.25, -0.2) is 0 Å². The van der Waals surface area contributed by atoms with Gasteiger partial charge in [-0.3, -0.25) is 9.59 Å². The molecule has 0 heterocycles. The Bertz CT molecular complexity index is 1140. The first-order valence-electron chi connectivity index (χ1n) is 11.2. The number of para-hydroxylation sites is 2. The summed E-state index contributed by atoms with van der Waals surface area (Å²) in [5.74, 6) is 0.354. The van der Waals surface area contributed by atoms with Crippen LogP contribution in [0.15, 0.2) is 72.8 Å². The van der Waals surface area contributed by atoms with Crippen molar-refractivity contribution in [2.45, 2.75) is 25.9 Å². The van der Waals surface area contributed by atoms with Crippen molar-refractivity contribution in [3.05, 3.63) is 94.0 Å². The third kappa shape index (κ3) is 7.38. The third-order valence-corrected chi connectivity index (χ3v) is 6.12. The van der Waals surface area contributed by atoms with Gasteiger partial charge in [-0.1, -0.05) is 71.7 Å². The van der Waals surface area contributed by atoms with Gasteiger partial charge in [-0.05, 0) is 42.3 Å². The van der Waals surface area contributed by atoms with Crippen molar-refractivity contribution in [2.24, 2.45) is 0 Å². The van der Waals surface area contributed by atoms with Crippen molar-refractivity contribution in [3.8, 4) is 11.5 Å². The van der Waals surface area contributed by atoms with E-state index in [1.807, 2.05) is 43.3 Å². The van der Waals surface area contributed by atoms with Crippen molar-refractivity contribution in [2.75, 3.05) is 20.3 Å². The van der Waals surface area contributed by atoms with Gasteiger partial charge in [0.25, 0.3) is 5.91 Å². The van der Waals surface area contributed by atoms with E-state index in [0.29, 0.717) is 34.5 Å². The van der Waals surface area contributed by atoms with Gasteiger partial charge in [-0.2, -0.15) is 0 Å². The third-order valence-electron chi connectivity index (χ3n) is 5.38. The molecule has 0 saturated heterocycles. The van der Waals surface area contributed by atoms with E-state index in [1.54, 1.807) is 36.4 Å². The minimum Gasteiger partial charge on any atom is -0.493 e. The fourth-order valence-corrected chi connectivity index (χ4v) is 3.96. The molecule has 0 aliphatic heterocycles. The number of ether oxygens (including phenoxy) is 2. The first-order chi connectivity index (χ1) is 16.9. The van der Waals surface area contributed by atoms with Gasteiger partial charge < -0.3 is 19.7 Å². The van der Waals surface area contributed by atoms with Crippen LogP contribution in [0.4, 0.5) is 0 Å². The van der Waals surface area contributed by atoms with Crippen LogP contribution in [0.5, 0.6) is 11.5 Å². The molecular weight excluding hydrogens is 487 g/mol. The van der Waals surface area contributed by atoms with E-state index >= 15 is 0 Å². The quantitative estimate of drug-likeness (QED) is 0.383. The highest BCUT2D eigenvalue weighted by Gasteiger charge is 2.30. The van der Waals surface area contributed by atoms with E-state index in [-0.39, 0.29) is 25.0 Å². The summed E-state index contributed by atoms with van der Waals surface area (Å²) in [6.07, 6.45) is 0.342. The molecule has 35 heavy (non-hydrogen) atoms. The van der Waals surface area contributed by atoms with Crippen LogP contribution < -0.4 is 14.8 Å². The molecule has 1 N–H and O–H groups in total. The van der Waals surface area contributed by atoms with E-state index in [0.717, 1.165) is 11.1 Å². The number of benzene rings is 3. The van der Waals surface area contributed by atoms with Crippen LogP contribution in [0.25, 0.3) is 0 Å². The zero-order valence-electron chi connectivity index (χ0n) is 19.7. The lowest BCUT2D eigenvalue weighted by atomic mass is 10.0. The average Bonchev–Trinajstić information content (AvgIpc) is 2.87. The summed E-state index contributed by atoms with van der Waals surface area (Å²) in [5, 5.41) is 3.65. The molecule has 8 heteroatoms. The number of nitrogens with zero attached hydrogens (tertiary/aromatic N) is 1. The van der Waals surface area contributed by atoms with E-state index in [9.17, 15) is 9.59 Å². The van der Waals surface area contributed by atoms with E-state index in [1.165, 1.54) is 12.0 Å². The number of halogens is 2. The number of carbonyl (C=O) groups is 2. The van der Waals surface area contributed by atoms with Crippen LogP contribution in [0, 0.1) is 0 Å². The molecule has 3 rings (SSSR count). The number of rotatable bonds is 11. The molecule has 0 bridgehead atoms. The second kappa shape index (κ2) is 13.0. The second-order valence-electron chi connectivity index (χ2n) is 7.81. The number of carbonyl (C=O) groups excluding carboxylic acids is 2. The molecule has 0 aliphatic carbocycles. The van der Waals surface area contributed by atoms with Crippen LogP contribution in [0.1, 0.15) is 18.1 Å². The maximum atomic E-state index is 13.5. The van der Waals surface area contributed by atoms with Gasteiger partial charge in [0, 0.05) is 19.5 Å². The smallest absolute Gasteiger partial charge is 0.261 e. The zero-order valence-corrected chi connectivity index (χ0v) is 21.2. The Kier molecular flexibility index (Phi) is 9.82. The predicted molar refractivity (Wildman–Crippen MR) is 138 cm³/mol. The predicted octanol–water partition coefficient (Wildman–Crippen LogP) is 5.16. The monoisotopic (exact) mass is 514 g/mol. The molecule has 184 valence electrons. The van der Waals surface area contributed by atoms with Crippen LogP contribution in [-0.4, -0.2) is 43.0 Å². The van der Waals surface area contributed by atoms with E-state index < -0.39 is 6.04 Å². The van der Waals surface area contributed by atoms with E-state index in [4.69, 9.17) is 32.7 Å². The molecular formula is C27H28Cl2N2O4. The second-order valence-corrected chi connectivity index (χ2v) is 8.62. The number of nitrogens with one attached hydrogen (secondary N) is 1. The summed E-state index contributed by atoms with van der Waals surface area (Å²) in [6.45, 7) is 2.16. The normalized spacial score (nSPS) is 11.4. The highest BCUT2D eigenvalue weighted by atomic mass is 35.5. The minimum atomic E-state index is -0.763. The van der Waals surface area contributed by atoms with Gasteiger partial charge in [0.1, 0.15) is 6.04 Å². The van der Waals surface area contributed by atoms with Gasteiger partial charge in [0.2, 0.25) is 5.91 Å². The highest BCUT2D eigenvalue weighted by Crippen LogP contribution is 2.27. The Morgan fingerprint density at radius 2 is 1.60 bits per heavy atom. The highest BCUT2D eigenvalue weighted by molar-refractivity contribution is 6.42. The number of hydrogen-bond donors (Lipinski definition) is 1. The molecule has 0 unspecified atom stereocenters. The van der Waals surface area contributed by atoms with Crippen LogP contribution in [-0.2, 0) is 22.6 Å². The SMILES string of the molecule is CCNC(=O)[C@@H](Cc1ccccc1)N(Cc1ccc(Cl)c(Cl)c1)C(=O)COc1ccccc1OC. The number of amides is 2. The Balaban J connectivity index is 1.92. The molecule has 6 nitrogen and oxygen atoms in total. The summed E-state index contributed by atoms with van der Waals surface area (Å²) < 4.78 is 11.1. The van der Waals surface area contributed by atoms with Crippen LogP contribution in [0.2, 0.25) is 10.0 Å². The Morgan fingerprint density at radius 1 is 0.914 bits per heavy atom. The first kappa shape index (κ1) is 26.4. The topological polar surface area (TPSA) is 67.9 Å². The summed E-state index contributed by atoms with van der Waals surface area (Å²) in [5.41, 5.74) is 1.67. The van der Waals surface area contributed by atoms with Gasteiger partial charge in [0.15, 0.2) is 18.1 Å². The summed E-state index contributed by atoms with van der Waals surface area (Å²) >= 11 is 12.3.